The summed E-state index contributed by atoms with van der Waals surface area (Å²) < 4.78 is 16.7. The maximum absolute atomic E-state index is 12.8. The molecule has 0 aliphatic rings. The third-order valence-electron chi connectivity index (χ3n) is 12.4. The van der Waals surface area contributed by atoms with Gasteiger partial charge in [-0.15, -0.1) is 0 Å². The molecule has 0 heterocycles. The van der Waals surface area contributed by atoms with Gasteiger partial charge >= 0.3 is 17.9 Å². The van der Waals surface area contributed by atoms with E-state index < -0.39 is 6.10 Å². The molecule has 1 atom stereocenters. The minimum atomic E-state index is -0.772. The van der Waals surface area contributed by atoms with E-state index in [1.165, 1.54) is 122 Å². The van der Waals surface area contributed by atoms with Crippen molar-refractivity contribution in [2.45, 2.75) is 284 Å². The third kappa shape index (κ3) is 55.4. The summed E-state index contributed by atoms with van der Waals surface area (Å²) in [5, 5.41) is 0. The molecule has 0 N–H and O–H groups in total. The Morgan fingerprint density at radius 2 is 0.565 bits per heavy atom. The lowest BCUT2D eigenvalue weighted by Gasteiger charge is -2.18. The highest BCUT2D eigenvalue weighted by atomic mass is 16.6. The lowest BCUT2D eigenvalue weighted by Crippen LogP contribution is -2.30. The summed E-state index contributed by atoms with van der Waals surface area (Å²) in [6, 6.07) is 0. The molecule has 6 nitrogen and oxygen atoms in total. The number of hydrogen-bond donors (Lipinski definition) is 0. The van der Waals surface area contributed by atoms with E-state index in [4.69, 9.17) is 14.2 Å². The first kappa shape index (κ1) is 65.6. The third-order valence-corrected chi connectivity index (χ3v) is 12.4. The molecule has 0 aromatic rings. The van der Waals surface area contributed by atoms with Crippen LogP contribution in [0.2, 0.25) is 0 Å². The summed E-state index contributed by atoms with van der Waals surface area (Å²) in [4.78, 5) is 37.8. The molecule has 0 spiro atoms. The molecule has 69 heavy (non-hydrogen) atoms. The lowest BCUT2D eigenvalue weighted by molar-refractivity contribution is -0.167. The van der Waals surface area contributed by atoms with Gasteiger partial charge in [-0.1, -0.05) is 266 Å². The molecule has 0 saturated carbocycles. The largest absolute Gasteiger partial charge is 0.462 e. The van der Waals surface area contributed by atoms with Gasteiger partial charge < -0.3 is 14.2 Å². The predicted octanol–water partition coefficient (Wildman–Crippen LogP) is 19.5. The fourth-order valence-electron chi connectivity index (χ4n) is 8.07. The van der Waals surface area contributed by atoms with Crippen LogP contribution in [0.3, 0.4) is 0 Å². The van der Waals surface area contributed by atoms with Crippen LogP contribution < -0.4 is 0 Å². The fraction of sp³-hybridized carbons (Fsp3) is 0.730. The molecule has 0 aromatic heterocycles. The zero-order valence-corrected chi connectivity index (χ0v) is 45.3. The van der Waals surface area contributed by atoms with Crippen LogP contribution in [-0.2, 0) is 28.6 Å². The van der Waals surface area contributed by atoms with E-state index >= 15 is 0 Å². The van der Waals surface area contributed by atoms with E-state index in [2.05, 4.69) is 106 Å². The molecule has 1 unspecified atom stereocenters. The van der Waals surface area contributed by atoms with Gasteiger partial charge in [-0.3, -0.25) is 14.4 Å². The Bertz CT molecular complexity index is 1330. The van der Waals surface area contributed by atoms with E-state index in [-0.39, 0.29) is 31.1 Å². The molecule has 0 rings (SSSR count). The first-order valence-corrected chi connectivity index (χ1v) is 29.1. The molecule has 0 aliphatic heterocycles. The van der Waals surface area contributed by atoms with Crippen molar-refractivity contribution in [1.29, 1.82) is 0 Å². The van der Waals surface area contributed by atoms with Crippen LogP contribution in [0.4, 0.5) is 0 Å². The highest BCUT2D eigenvalue weighted by Crippen LogP contribution is 2.16. The summed E-state index contributed by atoms with van der Waals surface area (Å²) in [5.74, 6) is -0.889. The molecule has 396 valence electrons. The van der Waals surface area contributed by atoms with E-state index in [0.29, 0.717) is 19.3 Å². The van der Waals surface area contributed by atoms with Crippen LogP contribution in [-0.4, -0.2) is 37.2 Å². The second-order valence-electron chi connectivity index (χ2n) is 19.2. The minimum Gasteiger partial charge on any atom is -0.462 e. The van der Waals surface area contributed by atoms with Crippen molar-refractivity contribution in [3.63, 3.8) is 0 Å². The second kappa shape index (κ2) is 57.2. The van der Waals surface area contributed by atoms with Gasteiger partial charge in [-0.05, 0) is 77.0 Å². The molecule has 0 fully saturated rings. The van der Waals surface area contributed by atoms with E-state index in [0.717, 1.165) is 116 Å². The quantitative estimate of drug-likeness (QED) is 0.0262. The first-order chi connectivity index (χ1) is 34.0. The fourth-order valence-corrected chi connectivity index (χ4v) is 8.07. The predicted molar refractivity (Wildman–Crippen MR) is 297 cm³/mol. The van der Waals surface area contributed by atoms with Crippen LogP contribution in [0.25, 0.3) is 0 Å². The normalized spacial score (nSPS) is 12.7. The molecule has 6 heteroatoms. The molecule has 0 radical (unpaired) electrons. The zero-order chi connectivity index (χ0) is 50.0. The Hall–Kier alpha value is -3.41. The number of allylic oxidation sites excluding steroid dienone is 14. The van der Waals surface area contributed by atoms with Crippen LogP contribution in [0.15, 0.2) is 85.1 Å². The van der Waals surface area contributed by atoms with Gasteiger partial charge in [0.05, 0.1) is 0 Å². The number of carbonyl (C=O) groups is 3. The van der Waals surface area contributed by atoms with Crippen molar-refractivity contribution in [2.24, 2.45) is 0 Å². The summed E-state index contributed by atoms with van der Waals surface area (Å²) in [6.07, 6.45) is 74.8. The maximum atomic E-state index is 12.8. The van der Waals surface area contributed by atoms with E-state index in [1.54, 1.807) is 0 Å². The van der Waals surface area contributed by atoms with Crippen molar-refractivity contribution >= 4 is 17.9 Å². The van der Waals surface area contributed by atoms with Crippen molar-refractivity contribution in [1.82, 2.24) is 0 Å². The van der Waals surface area contributed by atoms with Crippen molar-refractivity contribution < 1.29 is 28.6 Å². The van der Waals surface area contributed by atoms with Gasteiger partial charge in [0.25, 0.3) is 0 Å². The second-order valence-corrected chi connectivity index (χ2v) is 19.2. The summed E-state index contributed by atoms with van der Waals surface area (Å²) in [6.45, 7) is 6.45. The van der Waals surface area contributed by atoms with Crippen LogP contribution in [0.1, 0.15) is 278 Å². The van der Waals surface area contributed by atoms with Crippen LogP contribution >= 0.6 is 0 Å². The molecule has 0 bridgehead atoms. The van der Waals surface area contributed by atoms with Gasteiger partial charge in [0.2, 0.25) is 0 Å². The summed E-state index contributed by atoms with van der Waals surface area (Å²) in [5.41, 5.74) is 0. The number of ether oxygens (including phenoxy) is 3. The lowest BCUT2D eigenvalue weighted by atomic mass is 10.0. The Morgan fingerprint density at radius 3 is 0.884 bits per heavy atom. The summed E-state index contributed by atoms with van der Waals surface area (Å²) >= 11 is 0. The zero-order valence-electron chi connectivity index (χ0n) is 45.3. The molecular formula is C63H108O6. The van der Waals surface area contributed by atoms with Crippen molar-refractivity contribution in [3.8, 4) is 0 Å². The molecule has 0 aromatic carbocycles. The standard InChI is InChI=1S/C63H108O6/c1-4-7-10-13-15-17-19-21-23-24-25-26-27-28-29-30-31-32-33-34-35-36-37-38-40-41-43-45-47-50-53-56-62(65)68-59-60(58-67-61(64)55-52-49-12-9-6-3)69-63(66)57-54-51-48-46-44-42-39-22-20-18-16-14-11-8-5-2/h7,10,15,17,21,23,25-26,28-29,31-32,34-35,60H,4-6,8-9,11-14,16,18-20,22,24,27,30,33,36-59H2,1-3H3/b10-7-,17-15-,23-21-,26-25-,29-28-,32-31-,35-34-. The minimum absolute atomic E-state index is 0.0760. The smallest absolute Gasteiger partial charge is 0.306 e. The average Bonchev–Trinajstić information content (AvgIpc) is 3.35. The number of unbranched alkanes of at least 4 members (excludes halogenated alkanes) is 27. The van der Waals surface area contributed by atoms with Gasteiger partial charge in [0, 0.05) is 19.3 Å². The molecule has 0 amide bonds. The Morgan fingerprint density at radius 1 is 0.304 bits per heavy atom. The van der Waals surface area contributed by atoms with Crippen LogP contribution in [0, 0.1) is 0 Å². The molecule has 0 aliphatic carbocycles. The Kier molecular flexibility index (Phi) is 54.3. The number of esters is 3. The average molecular weight is 962 g/mol. The van der Waals surface area contributed by atoms with Crippen molar-refractivity contribution in [2.75, 3.05) is 13.2 Å². The van der Waals surface area contributed by atoms with Gasteiger partial charge in [-0.2, -0.15) is 0 Å². The van der Waals surface area contributed by atoms with E-state index in [1.807, 2.05) is 0 Å². The molecule has 0 saturated heterocycles. The molecular weight excluding hydrogens is 853 g/mol. The Labute approximate surface area is 426 Å². The van der Waals surface area contributed by atoms with Gasteiger partial charge in [0.1, 0.15) is 13.2 Å². The highest BCUT2D eigenvalue weighted by molar-refractivity contribution is 5.71. The maximum Gasteiger partial charge on any atom is 0.306 e. The topological polar surface area (TPSA) is 78.9 Å². The number of rotatable bonds is 52. The van der Waals surface area contributed by atoms with Gasteiger partial charge in [0.15, 0.2) is 6.10 Å². The SMILES string of the molecule is CC/C=C\C/C=C\C/C=C\C/C=C\C/C=C\C/C=C\C/C=C\CCCCCCCCCCCC(=O)OCC(COC(=O)CCCCCCC)OC(=O)CCCCCCCCCCCCCCCCC. The van der Waals surface area contributed by atoms with Gasteiger partial charge in [-0.25, -0.2) is 0 Å². The Balaban J connectivity index is 4.05. The monoisotopic (exact) mass is 961 g/mol. The van der Waals surface area contributed by atoms with Crippen LogP contribution in [0.5, 0.6) is 0 Å². The van der Waals surface area contributed by atoms with Crippen molar-refractivity contribution in [3.05, 3.63) is 85.1 Å². The van der Waals surface area contributed by atoms with E-state index in [9.17, 15) is 14.4 Å². The number of carbonyl (C=O) groups excluding carboxylic acids is 3. The summed E-state index contributed by atoms with van der Waals surface area (Å²) in [7, 11) is 0. The highest BCUT2D eigenvalue weighted by Gasteiger charge is 2.19. The number of hydrogen-bond acceptors (Lipinski definition) is 6. The first-order valence-electron chi connectivity index (χ1n) is 29.1.